The average molecular weight is 479 g/mol. The average Bonchev–Trinajstić information content (AvgIpc) is 2.78. The van der Waals surface area contributed by atoms with Crippen LogP contribution in [0.1, 0.15) is 43.7 Å². The molecule has 174 valence electrons. The van der Waals surface area contributed by atoms with Crippen LogP contribution in [0.25, 0.3) is 0 Å². The molecule has 1 aliphatic rings. The summed E-state index contributed by atoms with van der Waals surface area (Å²) in [6.07, 6.45) is 1.01. The molecule has 1 N–H and O–H groups in total. The molecular weight excluding hydrogens is 448 g/mol. The summed E-state index contributed by atoms with van der Waals surface area (Å²) in [5, 5.41) is 3.37. The first kappa shape index (κ1) is 24.6. The lowest BCUT2D eigenvalue weighted by atomic mass is 9.97. The number of para-hydroxylation sites is 1. The van der Waals surface area contributed by atoms with Gasteiger partial charge in [-0.05, 0) is 42.0 Å². The van der Waals surface area contributed by atoms with E-state index in [2.05, 4.69) is 19.2 Å². The lowest BCUT2D eigenvalue weighted by Crippen LogP contribution is -2.44. The SMILES string of the molecule is CC(C)c1ccccc1OCCNC(=O)C1CCN(S(=O)(=O)Cc2ccccc2Cl)CC1. The molecule has 0 radical (unpaired) electrons. The number of hydrogen-bond acceptors (Lipinski definition) is 4. The molecule has 1 heterocycles. The summed E-state index contributed by atoms with van der Waals surface area (Å²) in [5.41, 5.74) is 1.73. The van der Waals surface area contributed by atoms with Gasteiger partial charge in [0.15, 0.2) is 0 Å². The summed E-state index contributed by atoms with van der Waals surface area (Å²) in [6, 6.07) is 14.9. The molecule has 32 heavy (non-hydrogen) atoms. The monoisotopic (exact) mass is 478 g/mol. The quantitative estimate of drug-likeness (QED) is 0.548. The van der Waals surface area contributed by atoms with Crippen molar-refractivity contribution >= 4 is 27.5 Å². The molecule has 0 bridgehead atoms. The van der Waals surface area contributed by atoms with E-state index in [0.29, 0.717) is 55.6 Å². The highest BCUT2D eigenvalue weighted by molar-refractivity contribution is 7.88. The maximum absolute atomic E-state index is 12.8. The third-order valence-electron chi connectivity index (χ3n) is 5.71. The van der Waals surface area contributed by atoms with Gasteiger partial charge in [0.1, 0.15) is 12.4 Å². The summed E-state index contributed by atoms with van der Waals surface area (Å²) in [4.78, 5) is 12.5. The van der Waals surface area contributed by atoms with Gasteiger partial charge in [0.25, 0.3) is 0 Å². The first-order valence-electron chi connectivity index (χ1n) is 11.0. The van der Waals surface area contributed by atoms with Gasteiger partial charge in [0, 0.05) is 24.0 Å². The number of hydrogen-bond donors (Lipinski definition) is 1. The molecule has 1 aliphatic heterocycles. The van der Waals surface area contributed by atoms with Gasteiger partial charge >= 0.3 is 0 Å². The Bertz CT molecular complexity index is 1020. The van der Waals surface area contributed by atoms with Crippen LogP contribution in [-0.4, -0.2) is 44.9 Å². The second-order valence-electron chi connectivity index (χ2n) is 8.35. The van der Waals surface area contributed by atoms with Crippen molar-refractivity contribution in [3.05, 3.63) is 64.7 Å². The molecule has 8 heteroatoms. The zero-order valence-electron chi connectivity index (χ0n) is 18.6. The number of carbonyl (C=O) groups is 1. The van der Waals surface area contributed by atoms with E-state index in [-0.39, 0.29) is 17.6 Å². The molecule has 1 fully saturated rings. The fourth-order valence-corrected chi connectivity index (χ4v) is 5.74. The van der Waals surface area contributed by atoms with Crippen LogP contribution in [0.3, 0.4) is 0 Å². The van der Waals surface area contributed by atoms with Gasteiger partial charge < -0.3 is 10.1 Å². The number of carbonyl (C=O) groups excluding carboxylic acids is 1. The van der Waals surface area contributed by atoms with E-state index >= 15 is 0 Å². The predicted molar refractivity (Wildman–Crippen MR) is 127 cm³/mol. The van der Waals surface area contributed by atoms with E-state index in [0.717, 1.165) is 11.3 Å². The Morgan fingerprint density at radius 2 is 1.78 bits per heavy atom. The normalized spacial score (nSPS) is 15.6. The zero-order chi connectivity index (χ0) is 23.1. The zero-order valence-corrected chi connectivity index (χ0v) is 20.2. The lowest BCUT2D eigenvalue weighted by Gasteiger charge is -2.30. The highest BCUT2D eigenvalue weighted by atomic mass is 35.5. The summed E-state index contributed by atoms with van der Waals surface area (Å²) in [5.74, 6) is 0.839. The van der Waals surface area contributed by atoms with Crippen LogP contribution in [0.4, 0.5) is 0 Å². The van der Waals surface area contributed by atoms with E-state index in [1.54, 1.807) is 24.3 Å². The van der Waals surface area contributed by atoms with Crippen LogP contribution in [0, 0.1) is 5.92 Å². The number of nitrogens with one attached hydrogen (secondary N) is 1. The van der Waals surface area contributed by atoms with E-state index in [1.807, 2.05) is 24.3 Å². The summed E-state index contributed by atoms with van der Waals surface area (Å²) in [6.45, 7) is 5.71. The van der Waals surface area contributed by atoms with Crippen LogP contribution < -0.4 is 10.1 Å². The number of sulfonamides is 1. The Morgan fingerprint density at radius 3 is 2.47 bits per heavy atom. The maximum atomic E-state index is 12.8. The first-order valence-corrected chi connectivity index (χ1v) is 13.0. The Hall–Kier alpha value is -2.09. The molecule has 0 spiro atoms. The van der Waals surface area contributed by atoms with Gasteiger partial charge in [-0.25, -0.2) is 12.7 Å². The van der Waals surface area contributed by atoms with Gasteiger partial charge in [-0.15, -0.1) is 0 Å². The Labute approximate surface area is 196 Å². The van der Waals surface area contributed by atoms with Crippen LogP contribution in [0.2, 0.25) is 5.02 Å². The van der Waals surface area contributed by atoms with Gasteiger partial charge in [-0.2, -0.15) is 0 Å². The Morgan fingerprint density at radius 1 is 1.12 bits per heavy atom. The number of halogens is 1. The van der Waals surface area contributed by atoms with E-state index in [9.17, 15) is 13.2 Å². The fourth-order valence-electron chi connectivity index (χ4n) is 3.87. The maximum Gasteiger partial charge on any atom is 0.223 e. The first-order chi connectivity index (χ1) is 15.3. The summed E-state index contributed by atoms with van der Waals surface area (Å²) >= 11 is 6.11. The second kappa shape index (κ2) is 11.2. The molecule has 0 unspecified atom stereocenters. The van der Waals surface area contributed by atoms with Gasteiger partial charge in [0.05, 0.1) is 12.3 Å². The second-order valence-corrected chi connectivity index (χ2v) is 10.7. The minimum Gasteiger partial charge on any atom is -0.491 e. The van der Waals surface area contributed by atoms with Crippen LogP contribution in [0.15, 0.2) is 48.5 Å². The third kappa shape index (κ3) is 6.47. The van der Waals surface area contributed by atoms with Gasteiger partial charge in [-0.1, -0.05) is 61.8 Å². The van der Waals surface area contributed by atoms with Crippen molar-refractivity contribution in [3.8, 4) is 5.75 Å². The van der Waals surface area contributed by atoms with Crippen molar-refractivity contribution in [1.82, 2.24) is 9.62 Å². The Balaban J connectivity index is 1.43. The molecule has 3 rings (SSSR count). The number of ether oxygens (including phenoxy) is 1. The number of rotatable bonds is 9. The van der Waals surface area contributed by atoms with Crippen molar-refractivity contribution < 1.29 is 17.9 Å². The smallest absolute Gasteiger partial charge is 0.223 e. The molecule has 0 saturated carbocycles. The van der Waals surface area contributed by atoms with E-state index in [4.69, 9.17) is 16.3 Å². The largest absolute Gasteiger partial charge is 0.491 e. The molecule has 0 atom stereocenters. The number of piperidine rings is 1. The molecule has 1 amide bonds. The highest BCUT2D eigenvalue weighted by Gasteiger charge is 2.31. The number of benzene rings is 2. The molecule has 2 aromatic carbocycles. The van der Waals surface area contributed by atoms with Crippen molar-refractivity contribution in [2.45, 2.75) is 38.4 Å². The van der Waals surface area contributed by atoms with E-state index in [1.165, 1.54) is 4.31 Å². The molecule has 0 aliphatic carbocycles. The molecule has 6 nitrogen and oxygen atoms in total. The van der Waals surface area contributed by atoms with Crippen LogP contribution in [0.5, 0.6) is 5.75 Å². The molecule has 0 aromatic heterocycles. The molecule has 2 aromatic rings. The Kier molecular flexibility index (Phi) is 8.57. The van der Waals surface area contributed by atoms with Gasteiger partial charge in [-0.3, -0.25) is 4.79 Å². The number of nitrogens with zero attached hydrogens (tertiary/aromatic N) is 1. The predicted octanol–water partition coefficient (Wildman–Crippen LogP) is 4.20. The topological polar surface area (TPSA) is 75.7 Å². The summed E-state index contributed by atoms with van der Waals surface area (Å²) < 4.78 is 32.8. The number of amides is 1. The minimum atomic E-state index is -3.47. The van der Waals surface area contributed by atoms with Crippen molar-refractivity contribution in [2.75, 3.05) is 26.2 Å². The van der Waals surface area contributed by atoms with Crippen molar-refractivity contribution in [3.63, 3.8) is 0 Å². The third-order valence-corrected chi connectivity index (χ3v) is 7.91. The summed E-state index contributed by atoms with van der Waals surface area (Å²) in [7, 11) is -3.47. The standard InChI is InChI=1S/C24H31ClN2O4S/c1-18(2)21-8-4-6-10-23(21)31-16-13-26-24(28)19-11-14-27(15-12-19)32(29,30)17-20-7-3-5-9-22(20)25/h3-10,18-19H,11-17H2,1-2H3,(H,26,28). The molecule has 1 saturated heterocycles. The minimum absolute atomic E-state index is 0.0473. The lowest BCUT2D eigenvalue weighted by molar-refractivity contribution is -0.126. The van der Waals surface area contributed by atoms with Gasteiger partial charge in [0.2, 0.25) is 15.9 Å². The van der Waals surface area contributed by atoms with Crippen LogP contribution >= 0.6 is 11.6 Å². The fraction of sp³-hybridized carbons (Fsp3) is 0.458. The van der Waals surface area contributed by atoms with Crippen molar-refractivity contribution in [2.24, 2.45) is 5.92 Å². The molecular formula is C24H31ClN2O4S. The highest BCUT2D eigenvalue weighted by Crippen LogP contribution is 2.26. The van der Waals surface area contributed by atoms with Crippen molar-refractivity contribution in [1.29, 1.82) is 0 Å². The van der Waals surface area contributed by atoms with E-state index < -0.39 is 10.0 Å². The van der Waals surface area contributed by atoms with Crippen LogP contribution in [-0.2, 0) is 20.6 Å².